The predicted octanol–water partition coefficient (Wildman–Crippen LogP) is 1.97. The number of halogens is 1. The third-order valence-corrected chi connectivity index (χ3v) is 2.67. The first-order valence-corrected chi connectivity index (χ1v) is 4.66. The lowest BCUT2D eigenvalue weighted by Gasteiger charge is -1.88. The number of carbonyl (C=O) groups excluding carboxylic acids is 1. The van der Waals surface area contributed by atoms with Gasteiger partial charge in [-0.2, -0.15) is 0 Å². The molecule has 0 spiro atoms. The standard InChI is InChI=1S/C6H4BrNO3S/c7-6-1-4(3-12-6)5(9)2-8(10)11/h1,3H,2H2. The molecule has 1 aromatic rings. The van der Waals surface area contributed by atoms with Crippen molar-refractivity contribution in [2.75, 3.05) is 6.54 Å². The van der Waals surface area contributed by atoms with Crippen LogP contribution >= 0.6 is 27.3 Å². The van der Waals surface area contributed by atoms with Crippen LogP contribution in [0.25, 0.3) is 0 Å². The van der Waals surface area contributed by atoms with Crippen molar-refractivity contribution in [2.24, 2.45) is 0 Å². The fourth-order valence-corrected chi connectivity index (χ4v) is 1.83. The summed E-state index contributed by atoms with van der Waals surface area (Å²) in [4.78, 5) is 20.3. The van der Waals surface area contributed by atoms with Crippen LogP contribution in [-0.4, -0.2) is 17.3 Å². The van der Waals surface area contributed by atoms with Gasteiger partial charge < -0.3 is 0 Å². The SMILES string of the molecule is O=C(C[N+](=O)[O-])c1csc(Br)c1. The van der Waals surface area contributed by atoms with Crippen molar-refractivity contribution in [2.45, 2.75) is 0 Å². The molecule has 0 atom stereocenters. The molecule has 12 heavy (non-hydrogen) atoms. The summed E-state index contributed by atoms with van der Waals surface area (Å²) in [5.41, 5.74) is 0.392. The Labute approximate surface area is 80.5 Å². The summed E-state index contributed by atoms with van der Waals surface area (Å²) in [6, 6.07) is 1.58. The van der Waals surface area contributed by atoms with Crippen molar-refractivity contribution in [3.05, 3.63) is 30.9 Å². The van der Waals surface area contributed by atoms with E-state index >= 15 is 0 Å². The molecule has 0 aliphatic carbocycles. The van der Waals surface area contributed by atoms with Crippen LogP contribution < -0.4 is 0 Å². The first kappa shape index (κ1) is 9.34. The molecular weight excluding hydrogens is 246 g/mol. The lowest BCUT2D eigenvalue weighted by atomic mass is 10.2. The van der Waals surface area contributed by atoms with E-state index in [0.29, 0.717) is 5.56 Å². The first-order valence-electron chi connectivity index (χ1n) is 2.98. The van der Waals surface area contributed by atoms with E-state index in [1.54, 1.807) is 11.4 Å². The molecule has 0 aliphatic heterocycles. The van der Waals surface area contributed by atoms with Crippen molar-refractivity contribution in [3.63, 3.8) is 0 Å². The zero-order valence-electron chi connectivity index (χ0n) is 5.82. The van der Waals surface area contributed by atoms with Gasteiger partial charge in [0.05, 0.1) is 3.79 Å². The van der Waals surface area contributed by atoms with Gasteiger partial charge in [0, 0.05) is 15.9 Å². The summed E-state index contributed by atoms with van der Waals surface area (Å²) < 4.78 is 0.800. The number of carbonyl (C=O) groups is 1. The van der Waals surface area contributed by atoms with E-state index in [1.165, 1.54) is 11.3 Å². The Morgan fingerprint density at radius 3 is 2.83 bits per heavy atom. The molecule has 0 unspecified atom stereocenters. The van der Waals surface area contributed by atoms with Gasteiger partial charge in [-0.05, 0) is 22.0 Å². The van der Waals surface area contributed by atoms with E-state index in [9.17, 15) is 14.9 Å². The van der Waals surface area contributed by atoms with Crippen LogP contribution in [0.3, 0.4) is 0 Å². The molecule has 0 fully saturated rings. The molecule has 0 radical (unpaired) electrons. The summed E-state index contributed by atoms with van der Waals surface area (Å²) in [6.45, 7) is -0.636. The Hall–Kier alpha value is -0.750. The van der Waals surface area contributed by atoms with E-state index < -0.39 is 17.3 Å². The van der Waals surface area contributed by atoms with Crippen LogP contribution in [0.5, 0.6) is 0 Å². The first-order chi connectivity index (χ1) is 5.59. The summed E-state index contributed by atoms with van der Waals surface area (Å²) >= 11 is 4.50. The van der Waals surface area contributed by atoms with Gasteiger partial charge in [-0.15, -0.1) is 11.3 Å². The molecule has 0 aromatic carbocycles. The Morgan fingerprint density at radius 2 is 2.42 bits per heavy atom. The Balaban J connectivity index is 2.72. The smallest absolute Gasteiger partial charge is 0.265 e. The zero-order valence-corrected chi connectivity index (χ0v) is 8.22. The highest BCUT2D eigenvalue weighted by molar-refractivity contribution is 9.11. The fraction of sp³-hybridized carbons (Fsp3) is 0.167. The van der Waals surface area contributed by atoms with E-state index in [2.05, 4.69) is 15.9 Å². The summed E-state index contributed by atoms with van der Waals surface area (Å²) in [7, 11) is 0. The van der Waals surface area contributed by atoms with Crippen molar-refractivity contribution < 1.29 is 9.72 Å². The Kier molecular flexibility index (Phi) is 2.93. The minimum absolute atomic E-state index is 0.392. The molecular formula is C6H4BrNO3S. The average molecular weight is 250 g/mol. The van der Waals surface area contributed by atoms with E-state index in [1.807, 2.05) is 0 Å². The highest BCUT2D eigenvalue weighted by Crippen LogP contribution is 2.20. The monoisotopic (exact) mass is 249 g/mol. The molecule has 0 saturated carbocycles. The second-order valence-electron chi connectivity index (χ2n) is 2.05. The Bertz CT molecular complexity index is 322. The van der Waals surface area contributed by atoms with Gasteiger partial charge in [0.25, 0.3) is 6.54 Å². The lowest BCUT2D eigenvalue weighted by Crippen LogP contribution is -2.12. The van der Waals surface area contributed by atoms with Crippen LogP contribution in [0.1, 0.15) is 10.4 Å². The molecule has 0 amide bonds. The molecule has 1 aromatic heterocycles. The average Bonchev–Trinajstić information content (AvgIpc) is 2.34. The highest BCUT2D eigenvalue weighted by atomic mass is 79.9. The van der Waals surface area contributed by atoms with E-state index in [-0.39, 0.29) is 0 Å². The van der Waals surface area contributed by atoms with Crippen LogP contribution in [0, 0.1) is 10.1 Å². The van der Waals surface area contributed by atoms with E-state index in [0.717, 1.165) is 3.79 Å². The molecule has 6 heteroatoms. The highest BCUT2D eigenvalue weighted by Gasteiger charge is 2.13. The molecule has 0 aliphatic rings. The third kappa shape index (κ3) is 2.38. The number of hydrogen-bond donors (Lipinski definition) is 0. The number of ketones is 1. The van der Waals surface area contributed by atoms with Crippen molar-refractivity contribution >= 4 is 33.0 Å². The van der Waals surface area contributed by atoms with Gasteiger partial charge in [-0.1, -0.05) is 0 Å². The van der Waals surface area contributed by atoms with E-state index in [4.69, 9.17) is 0 Å². The number of nitro groups is 1. The van der Waals surface area contributed by atoms with Crippen LogP contribution in [0.15, 0.2) is 15.2 Å². The second-order valence-corrected chi connectivity index (χ2v) is 4.34. The van der Waals surface area contributed by atoms with Crippen LogP contribution in [0.2, 0.25) is 0 Å². The van der Waals surface area contributed by atoms with Gasteiger partial charge in [-0.3, -0.25) is 14.9 Å². The number of Topliss-reactive ketones (excluding diaryl/α,β-unsaturated/α-hetero) is 1. The summed E-state index contributed by atoms with van der Waals surface area (Å²) in [6.07, 6.45) is 0. The summed E-state index contributed by atoms with van der Waals surface area (Å²) in [5, 5.41) is 11.6. The number of thiophene rings is 1. The maximum atomic E-state index is 11.0. The molecule has 0 bridgehead atoms. The molecule has 4 nitrogen and oxygen atoms in total. The molecule has 0 N–H and O–H groups in total. The normalized spacial score (nSPS) is 9.75. The van der Waals surface area contributed by atoms with Crippen LogP contribution in [0.4, 0.5) is 0 Å². The molecule has 0 saturated heterocycles. The molecule has 1 rings (SSSR count). The lowest BCUT2D eigenvalue weighted by molar-refractivity contribution is -0.465. The number of hydrogen-bond acceptors (Lipinski definition) is 4. The van der Waals surface area contributed by atoms with Gasteiger partial charge in [0.1, 0.15) is 0 Å². The van der Waals surface area contributed by atoms with Gasteiger partial charge in [0.2, 0.25) is 5.78 Å². The molecule has 64 valence electrons. The minimum atomic E-state index is -0.636. The maximum Gasteiger partial charge on any atom is 0.265 e. The second kappa shape index (κ2) is 3.77. The minimum Gasteiger partial charge on any atom is -0.287 e. The molecule has 1 heterocycles. The van der Waals surface area contributed by atoms with Gasteiger partial charge >= 0.3 is 0 Å². The Morgan fingerprint density at radius 1 is 1.75 bits per heavy atom. The fourth-order valence-electron chi connectivity index (χ4n) is 0.665. The quantitative estimate of drug-likeness (QED) is 0.468. The van der Waals surface area contributed by atoms with Gasteiger partial charge in [0.15, 0.2) is 0 Å². The number of nitrogens with zero attached hydrogens (tertiary/aromatic N) is 1. The van der Waals surface area contributed by atoms with Crippen LogP contribution in [-0.2, 0) is 0 Å². The van der Waals surface area contributed by atoms with Crippen molar-refractivity contribution in [1.29, 1.82) is 0 Å². The number of rotatable bonds is 3. The maximum absolute atomic E-state index is 11.0. The largest absolute Gasteiger partial charge is 0.287 e. The van der Waals surface area contributed by atoms with Crippen molar-refractivity contribution in [1.82, 2.24) is 0 Å². The van der Waals surface area contributed by atoms with Gasteiger partial charge in [-0.25, -0.2) is 0 Å². The zero-order chi connectivity index (χ0) is 9.14. The van der Waals surface area contributed by atoms with Crippen molar-refractivity contribution in [3.8, 4) is 0 Å². The summed E-state index contributed by atoms with van der Waals surface area (Å²) in [5.74, 6) is -0.457. The third-order valence-electron chi connectivity index (χ3n) is 1.16. The predicted molar refractivity (Wildman–Crippen MR) is 48.2 cm³/mol. The topological polar surface area (TPSA) is 60.2 Å².